The van der Waals surface area contributed by atoms with E-state index in [0.29, 0.717) is 0 Å². The first kappa shape index (κ1) is 22.1. The lowest BCUT2D eigenvalue weighted by Gasteiger charge is -2.08. The lowest BCUT2D eigenvalue weighted by Crippen LogP contribution is -1.96. The molecule has 0 spiro atoms. The Bertz CT molecular complexity index is 1970. The van der Waals surface area contributed by atoms with Gasteiger partial charge in [0.05, 0.1) is 22.2 Å². The minimum Gasteiger partial charge on any atom is -0.309 e. The fourth-order valence-electron chi connectivity index (χ4n) is 5.65. The molecule has 0 N–H and O–H groups in total. The minimum atomic E-state index is 1.09. The average molecular weight is 487 g/mol. The van der Waals surface area contributed by atoms with Crippen molar-refractivity contribution in [1.29, 1.82) is 0 Å². The van der Waals surface area contributed by atoms with Gasteiger partial charge in [0.15, 0.2) is 0 Å². The van der Waals surface area contributed by atoms with E-state index in [1.54, 1.807) is 0 Å². The third kappa shape index (κ3) is 3.50. The quantitative estimate of drug-likeness (QED) is 0.229. The van der Waals surface area contributed by atoms with E-state index in [2.05, 4.69) is 155 Å². The van der Waals surface area contributed by atoms with Crippen LogP contribution in [0, 0.1) is 0 Å². The van der Waals surface area contributed by atoms with Crippen LogP contribution in [0.3, 0.4) is 0 Å². The number of hydrogen-bond donors (Lipinski definition) is 0. The maximum absolute atomic E-state index is 4.18. The van der Waals surface area contributed by atoms with Gasteiger partial charge in [-0.3, -0.25) is 0 Å². The SMILES string of the molecule is C=Cc1c(/C=C/c2ccc3c(c2)c2ccccc2n3-c2ccccc2)c2ccccc2n1-c1ccccc1. The second kappa shape index (κ2) is 9.10. The Labute approximate surface area is 222 Å². The summed E-state index contributed by atoms with van der Waals surface area (Å²) in [5.74, 6) is 0. The smallest absolute Gasteiger partial charge is 0.0541 e. The van der Waals surface area contributed by atoms with Gasteiger partial charge in [0.25, 0.3) is 0 Å². The Kier molecular flexibility index (Phi) is 5.30. The monoisotopic (exact) mass is 486 g/mol. The van der Waals surface area contributed by atoms with Crippen LogP contribution in [0.1, 0.15) is 16.8 Å². The highest BCUT2D eigenvalue weighted by Gasteiger charge is 2.15. The Balaban J connectivity index is 1.39. The molecule has 5 aromatic carbocycles. The molecule has 0 fully saturated rings. The summed E-state index contributed by atoms with van der Waals surface area (Å²) in [5.41, 5.74) is 9.34. The van der Waals surface area contributed by atoms with Gasteiger partial charge < -0.3 is 9.13 Å². The number of para-hydroxylation sites is 4. The van der Waals surface area contributed by atoms with E-state index in [9.17, 15) is 0 Å². The third-order valence-corrected chi connectivity index (χ3v) is 7.31. The van der Waals surface area contributed by atoms with Crippen LogP contribution in [0.25, 0.3) is 62.3 Å². The van der Waals surface area contributed by atoms with Crippen molar-refractivity contribution in [2.24, 2.45) is 0 Å². The van der Waals surface area contributed by atoms with Crippen LogP contribution in [-0.2, 0) is 0 Å². The highest BCUT2D eigenvalue weighted by Crippen LogP contribution is 2.34. The number of benzene rings is 5. The highest BCUT2D eigenvalue weighted by molar-refractivity contribution is 6.10. The average Bonchev–Trinajstić information content (AvgIpc) is 3.49. The van der Waals surface area contributed by atoms with Crippen molar-refractivity contribution in [3.05, 3.63) is 151 Å². The fraction of sp³-hybridized carbons (Fsp3) is 0. The maximum atomic E-state index is 4.18. The minimum absolute atomic E-state index is 1.09. The van der Waals surface area contributed by atoms with Crippen LogP contribution in [0.4, 0.5) is 0 Å². The molecule has 0 radical (unpaired) electrons. The third-order valence-electron chi connectivity index (χ3n) is 7.31. The van der Waals surface area contributed by atoms with E-state index in [1.165, 1.54) is 49.5 Å². The van der Waals surface area contributed by atoms with E-state index in [1.807, 2.05) is 6.08 Å². The highest BCUT2D eigenvalue weighted by atomic mass is 15.0. The van der Waals surface area contributed by atoms with Gasteiger partial charge in [-0.2, -0.15) is 0 Å². The summed E-state index contributed by atoms with van der Waals surface area (Å²) in [4.78, 5) is 0. The Morgan fingerprint density at radius 1 is 0.474 bits per heavy atom. The summed E-state index contributed by atoms with van der Waals surface area (Å²) in [6.07, 6.45) is 6.41. The summed E-state index contributed by atoms with van der Waals surface area (Å²) >= 11 is 0. The standard InChI is InChI=1S/C36H26N2/c1-2-33-31(29-17-9-11-19-34(29)37(33)27-13-5-3-6-14-27)23-21-26-22-24-36-32(25-26)30-18-10-12-20-35(30)38(36)28-15-7-4-8-16-28/h2-25H,1H2/b23-21+. The molecule has 2 heterocycles. The van der Waals surface area contributed by atoms with Gasteiger partial charge in [-0.25, -0.2) is 0 Å². The fourth-order valence-corrected chi connectivity index (χ4v) is 5.65. The van der Waals surface area contributed by atoms with Gasteiger partial charge in [0.1, 0.15) is 0 Å². The van der Waals surface area contributed by atoms with Crippen LogP contribution in [-0.4, -0.2) is 9.13 Å². The van der Waals surface area contributed by atoms with Gasteiger partial charge in [0, 0.05) is 33.1 Å². The molecule has 0 aliphatic heterocycles. The molecule has 2 nitrogen and oxygen atoms in total. The summed E-state index contributed by atoms with van der Waals surface area (Å²) < 4.78 is 4.64. The number of aromatic nitrogens is 2. The summed E-state index contributed by atoms with van der Waals surface area (Å²) in [5, 5.41) is 3.72. The number of hydrogen-bond acceptors (Lipinski definition) is 0. The molecular formula is C36H26N2. The summed E-state index contributed by atoms with van der Waals surface area (Å²) in [6, 6.07) is 45.0. The van der Waals surface area contributed by atoms with Gasteiger partial charge in [-0.05, 0) is 60.2 Å². The van der Waals surface area contributed by atoms with Crippen molar-refractivity contribution in [3.63, 3.8) is 0 Å². The van der Waals surface area contributed by atoms with Gasteiger partial charge in [-0.1, -0.05) is 97.6 Å². The van der Waals surface area contributed by atoms with Crippen molar-refractivity contribution < 1.29 is 0 Å². The van der Waals surface area contributed by atoms with E-state index < -0.39 is 0 Å². The van der Waals surface area contributed by atoms with Crippen LogP contribution < -0.4 is 0 Å². The van der Waals surface area contributed by atoms with Gasteiger partial charge in [0.2, 0.25) is 0 Å². The second-order valence-electron chi connectivity index (χ2n) is 9.49. The predicted molar refractivity (Wildman–Crippen MR) is 163 cm³/mol. The Morgan fingerprint density at radius 2 is 1.03 bits per heavy atom. The van der Waals surface area contributed by atoms with Crippen molar-refractivity contribution >= 4 is 50.9 Å². The first-order valence-corrected chi connectivity index (χ1v) is 12.9. The van der Waals surface area contributed by atoms with Crippen molar-refractivity contribution in [1.82, 2.24) is 9.13 Å². The lowest BCUT2D eigenvalue weighted by atomic mass is 10.1. The van der Waals surface area contributed by atoms with Gasteiger partial charge >= 0.3 is 0 Å². The molecule has 0 bridgehead atoms. The predicted octanol–water partition coefficient (Wildman–Crippen LogP) is 9.54. The molecule has 0 aliphatic carbocycles. The van der Waals surface area contributed by atoms with Crippen LogP contribution in [0.15, 0.2) is 134 Å². The number of rotatable bonds is 5. The zero-order chi connectivity index (χ0) is 25.5. The van der Waals surface area contributed by atoms with E-state index in [0.717, 1.165) is 11.4 Å². The molecular weight excluding hydrogens is 460 g/mol. The van der Waals surface area contributed by atoms with Crippen LogP contribution in [0.2, 0.25) is 0 Å². The largest absolute Gasteiger partial charge is 0.309 e. The topological polar surface area (TPSA) is 9.86 Å². The summed E-state index contributed by atoms with van der Waals surface area (Å²) in [6.45, 7) is 4.18. The Morgan fingerprint density at radius 3 is 1.71 bits per heavy atom. The molecule has 7 aromatic rings. The van der Waals surface area contributed by atoms with Gasteiger partial charge in [-0.15, -0.1) is 0 Å². The molecule has 180 valence electrons. The maximum Gasteiger partial charge on any atom is 0.0541 e. The van der Waals surface area contributed by atoms with E-state index in [-0.39, 0.29) is 0 Å². The molecule has 2 heteroatoms. The number of nitrogens with zero attached hydrogens (tertiary/aromatic N) is 2. The van der Waals surface area contributed by atoms with E-state index in [4.69, 9.17) is 0 Å². The van der Waals surface area contributed by atoms with Crippen LogP contribution in [0.5, 0.6) is 0 Å². The molecule has 7 rings (SSSR count). The van der Waals surface area contributed by atoms with Crippen molar-refractivity contribution in [3.8, 4) is 11.4 Å². The van der Waals surface area contributed by atoms with E-state index >= 15 is 0 Å². The van der Waals surface area contributed by atoms with Crippen molar-refractivity contribution in [2.75, 3.05) is 0 Å². The summed E-state index contributed by atoms with van der Waals surface area (Å²) in [7, 11) is 0. The zero-order valence-corrected chi connectivity index (χ0v) is 21.0. The molecule has 0 saturated heterocycles. The first-order valence-electron chi connectivity index (χ1n) is 12.9. The molecule has 0 atom stereocenters. The molecule has 0 unspecified atom stereocenters. The van der Waals surface area contributed by atoms with Crippen molar-refractivity contribution in [2.45, 2.75) is 0 Å². The normalized spacial score (nSPS) is 11.7. The lowest BCUT2D eigenvalue weighted by molar-refractivity contribution is 1.11. The first-order chi connectivity index (χ1) is 18.8. The zero-order valence-electron chi connectivity index (χ0n) is 21.0. The molecule has 38 heavy (non-hydrogen) atoms. The molecule has 0 saturated carbocycles. The molecule has 0 aliphatic rings. The number of fused-ring (bicyclic) bond motifs is 4. The van der Waals surface area contributed by atoms with Crippen LogP contribution >= 0.6 is 0 Å². The second-order valence-corrected chi connectivity index (χ2v) is 9.49. The Hall–Kier alpha value is -5.08. The molecule has 2 aromatic heterocycles. The molecule has 0 amide bonds.